The number of hydrogen-bond donors (Lipinski definition) is 0. The maximum absolute atomic E-state index is 2.37. The molecule has 1 unspecified atom stereocenters. The summed E-state index contributed by atoms with van der Waals surface area (Å²) >= 11 is 0. The molecule has 0 saturated heterocycles. The van der Waals surface area contributed by atoms with Gasteiger partial charge in [0.1, 0.15) is 0 Å². The third-order valence-electron chi connectivity index (χ3n) is 2.53. The van der Waals surface area contributed by atoms with Gasteiger partial charge in [-0.15, -0.1) is 0 Å². The normalized spacial score (nSPS) is 14.2. The Morgan fingerprint density at radius 3 is 2.31 bits per heavy atom. The van der Waals surface area contributed by atoms with Gasteiger partial charge in [0.25, 0.3) is 0 Å². The quantitative estimate of drug-likeness (QED) is 0.496. The molecule has 0 radical (unpaired) electrons. The van der Waals surface area contributed by atoms with Crippen molar-refractivity contribution in [2.45, 2.75) is 59.8 Å². The van der Waals surface area contributed by atoms with Crippen LogP contribution in [-0.2, 0) is 0 Å². The zero-order valence-corrected chi connectivity index (χ0v) is 9.84. The fraction of sp³-hybridized carbons (Fsp3) is 0.846. The molecule has 0 aromatic rings. The Labute approximate surface area is 84.4 Å². The molecule has 0 aliphatic carbocycles. The van der Waals surface area contributed by atoms with E-state index in [-0.39, 0.29) is 0 Å². The van der Waals surface area contributed by atoms with Gasteiger partial charge < -0.3 is 0 Å². The Balaban J connectivity index is 3.58. The first-order valence-electron chi connectivity index (χ1n) is 5.87. The molecule has 0 rings (SSSR count). The van der Waals surface area contributed by atoms with Gasteiger partial charge in [0.15, 0.2) is 0 Å². The third kappa shape index (κ3) is 8.08. The molecule has 0 aliphatic heterocycles. The molecule has 0 aliphatic rings. The van der Waals surface area contributed by atoms with Gasteiger partial charge in [-0.05, 0) is 18.3 Å². The summed E-state index contributed by atoms with van der Waals surface area (Å²) in [5.74, 6) is 1.64. The monoisotopic (exact) mass is 182 g/mol. The van der Waals surface area contributed by atoms with Crippen molar-refractivity contribution in [1.82, 2.24) is 0 Å². The molecule has 0 bridgehead atoms. The van der Waals surface area contributed by atoms with Gasteiger partial charge in [0, 0.05) is 0 Å². The molecule has 0 saturated carbocycles. The number of allylic oxidation sites excluding steroid dienone is 2. The van der Waals surface area contributed by atoms with E-state index >= 15 is 0 Å². The van der Waals surface area contributed by atoms with Gasteiger partial charge in [-0.1, -0.05) is 65.5 Å². The number of rotatable bonds is 7. The maximum Gasteiger partial charge on any atom is -0.0290 e. The lowest BCUT2D eigenvalue weighted by molar-refractivity contribution is 0.455. The van der Waals surface area contributed by atoms with E-state index in [1.807, 2.05) is 0 Å². The fourth-order valence-electron chi connectivity index (χ4n) is 1.52. The first kappa shape index (κ1) is 12.7. The zero-order chi connectivity index (χ0) is 10.1. The summed E-state index contributed by atoms with van der Waals surface area (Å²) in [4.78, 5) is 0. The van der Waals surface area contributed by atoms with Crippen LogP contribution >= 0.6 is 0 Å². The molecule has 1 atom stereocenters. The average molecular weight is 182 g/mol. The van der Waals surface area contributed by atoms with E-state index < -0.39 is 0 Å². The smallest absolute Gasteiger partial charge is 0.0290 e. The second-order valence-electron chi connectivity index (χ2n) is 4.32. The largest absolute Gasteiger partial charge is 0.0880 e. The van der Waals surface area contributed by atoms with Crippen LogP contribution in [0.4, 0.5) is 0 Å². The molecule has 78 valence electrons. The topological polar surface area (TPSA) is 0 Å². The molecule has 0 heterocycles. The molecule has 0 aromatic heterocycles. The molecule has 0 heteroatoms. The van der Waals surface area contributed by atoms with E-state index in [1.54, 1.807) is 0 Å². The summed E-state index contributed by atoms with van der Waals surface area (Å²) in [5, 5.41) is 0. The van der Waals surface area contributed by atoms with Crippen LogP contribution in [0.5, 0.6) is 0 Å². The molecule has 0 fully saturated rings. The lowest BCUT2D eigenvalue weighted by Gasteiger charge is -2.11. The van der Waals surface area contributed by atoms with Crippen LogP contribution in [0.1, 0.15) is 59.8 Å². The van der Waals surface area contributed by atoms with Crippen LogP contribution < -0.4 is 0 Å². The van der Waals surface area contributed by atoms with E-state index in [9.17, 15) is 0 Å². The number of unbranched alkanes of at least 4 members (excludes halogenated alkanes) is 1. The lowest BCUT2D eigenvalue weighted by Crippen LogP contribution is -1.96. The zero-order valence-electron chi connectivity index (χ0n) is 9.84. The van der Waals surface area contributed by atoms with Crippen LogP contribution in [0.25, 0.3) is 0 Å². The Hall–Kier alpha value is -0.260. The van der Waals surface area contributed by atoms with Crippen LogP contribution in [-0.4, -0.2) is 0 Å². The molecule has 13 heavy (non-hydrogen) atoms. The van der Waals surface area contributed by atoms with Crippen molar-refractivity contribution in [1.29, 1.82) is 0 Å². The predicted molar refractivity (Wildman–Crippen MR) is 61.9 cm³/mol. The van der Waals surface area contributed by atoms with Crippen LogP contribution in [0.15, 0.2) is 12.2 Å². The highest BCUT2D eigenvalue weighted by Gasteiger charge is 2.02. The molecule has 0 amide bonds. The Kier molecular flexibility index (Phi) is 8.18. The van der Waals surface area contributed by atoms with Crippen molar-refractivity contribution in [3.05, 3.63) is 12.2 Å². The fourth-order valence-corrected chi connectivity index (χ4v) is 1.52. The van der Waals surface area contributed by atoms with Crippen LogP contribution in [0, 0.1) is 11.8 Å². The highest BCUT2D eigenvalue weighted by Crippen LogP contribution is 2.17. The Bertz CT molecular complexity index is 122. The highest BCUT2D eigenvalue weighted by atomic mass is 14.1. The highest BCUT2D eigenvalue weighted by molar-refractivity contribution is 4.86. The number of hydrogen-bond acceptors (Lipinski definition) is 0. The van der Waals surface area contributed by atoms with Gasteiger partial charge in [0.05, 0.1) is 0 Å². The van der Waals surface area contributed by atoms with Crippen LogP contribution in [0.3, 0.4) is 0 Å². The molecular formula is C13H26. The van der Waals surface area contributed by atoms with E-state index in [4.69, 9.17) is 0 Å². The van der Waals surface area contributed by atoms with Crippen molar-refractivity contribution >= 4 is 0 Å². The molecular weight excluding hydrogens is 156 g/mol. The minimum atomic E-state index is 0.712. The summed E-state index contributed by atoms with van der Waals surface area (Å²) < 4.78 is 0. The first-order chi connectivity index (χ1) is 6.20. The van der Waals surface area contributed by atoms with E-state index in [2.05, 4.69) is 39.8 Å². The molecule has 0 aromatic carbocycles. The summed E-state index contributed by atoms with van der Waals surface area (Å²) in [6, 6.07) is 0. The van der Waals surface area contributed by atoms with E-state index in [0.717, 1.165) is 5.92 Å². The van der Waals surface area contributed by atoms with Crippen molar-refractivity contribution < 1.29 is 0 Å². The SMILES string of the molecule is CCCCC(CC)CC=CC(C)C. The first-order valence-corrected chi connectivity index (χ1v) is 5.87. The Morgan fingerprint density at radius 2 is 1.85 bits per heavy atom. The van der Waals surface area contributed by atoms with E-state index in [0.29, 0.717) is 5.92 Å². The summed E-state index contributed by atoms with van der Waals surface area (Å²) in [6.07, 6.45) is 11.5. The van der Waals surface area contributed by atoms with Crippen molar-refractivity contribution in [3.63, 3.8) is 0 Å². The summed E-state index contributed by atoms with van der Waals surface area (Å²) in [5.41, 5.74) is 0. The predicted octanol–water partition coefficient (Wildman–Crippen LogP) is 4.81. The van der Waals surface area contributed by atoms with Crippen LogP contribution in [0.2, 0.25) is 0 Å². The molecule has 0 nitrogen and oxygen atoms in total. The standard InChI is InChI=1S/C13H26/c1-5-7-10-13(6-2)11-8-9-12(3)4/h8-9,12-13H,5-7,10-11H2,1-4H3. The minimum Gasteiger partial charge on any atom is -0.0880 e. The van der Waals surface area contributed by atoms with Gasteiger partial charge >= 0.3 is 0 Å². The van der Waals surface area contributed by atoms with Crippen molar-refractivity contribution in [2.75, 3.05) is 0 Å². The van der Waals surface area contributed by atoms with Gasteiger partial charge in [-0.2, -0.15) is 0 Å². The lowest BCUT2D eigenvalue weighted by atomic mass is 9.95. The van der Waals surface area contributed by atoms with Crippen molar-refractivity contribution in [3.8, 4) is 0 Å². The average Bonchev–Trinajstić information content (AvgIpc) is 2.10. The minimum absolute atomic E-state index is 0.712. The summed E-state index contributed by atoms with van der Waals surface area (Å²) in [6.45, 7) is 9.06. The Morgan fingerprint density at radius 1 is 1.15 bits per heavy atom. The van der Waals surface area contributed by atoms with Gasteiger partial charge in [-0.3, -0.25) is 0 Å². The second kappa shape index (κ2) is 8.34. The maximum atomic E-state index is 2.37. The second-order valence-corrected chi connectivity index (χ2v) is 4.32. The third-order valence-corrected chi connectivity index (χ3v) is 2.53. The summed E-state index contributed by atoms with van der Waals surface area (Å²) in [7, 11) is 0. The van der Waals surface area contributed by atoms with Crippen molar-refractivity contribution in [2.24, 2.45) is 11.8 Å². The van der Waals surface area contributed by atoms with E-state index in [1.165, 1.54) is 32.1 Å². The molecule has 0 N–H and O–H groups in total. The molecule has 0 spiro atoms. The van der Waals surface area contributed by atoms with Gasteiger partial charge in [0.2, 0.25) is 0 Å². The van der Waals surface area contributed by atoms with Gasteiger partial charge in [-0.25, -0.2) is 0 Å².